The minimum atomic E-state index is -0.294. The van der Waals surface area contributed by atoms with Gasteiger partial charge in [-0.05, 0) is 75.8 Å². The number of aryl methyl sites for hydroxylation is 1. The number of ether oxygens (including phenoxy) is 2. The molecule has 3 aromatic heterocycles. The lowest BCUT2D eigenvalue weighted by Crippen LogP contribution is -2.20. The highest BCUT2D eigenvalue weighted by molar-refractivity contribution is 6.01. The SMILES string of the molecule is COc1cc2cc(CO)c(CO)c(-c3ccnc(-n4c(=O)cc(NCCCn5ccnc5)c5ccccc54)c3)c2cc1OC.Cl. The van der Waals surface area contributed by atoms with Crippen LogP contribution in [0.5, 0.6) is 11.5 Å². The van der Waals surface area contributed by atoms with Gasteiger partial charge >= 0.3 is 0 Å². The van der Waals surface area contributed by atoms with E-state index in [0.29, 0.717) is 46.1 Å². The maximum absolute atomic E-state index is 13.7. The van der Waals surface area contributed by atoms with E-state index < -0.39 is 0 Å². The Morgan fingerprint density at radius 3 is 2.44 bits per heavy atom. The van der Waals surface area contributed by atoms with E-state index >= 15 is 0 Å². The van der Waals surface area contributed by atoms with Gasteiger partial charge < -0.3 is 29.6 Å². The van der Waals surface area contributed by atoms with Gasteiger partial charge in [-0.2, -0.15) is 0 Å². The van der Waals surface area contributed by atoms with Crippen molar-refractivity contribution >= 4 is 39.8 Å². The molecule has 45 heavy (non-hydrogen) atoms. The normalized spacial score (nSPS) is 11.0. The number of imidazole rings is 1. The molecule has 0 fully saturated rings. The monoisotopic (exact) mass is 627 g/mol. The van der Waals surface area contributed by atoms with E-state index in [1.807, 2.05) is 65.4 Å². The molecule has 0 radical (unpaired) electrons. The first-order valence-corrected chi connectivity index (χ1v) is 14.3. The summed E-state index contributed by atoms with van der Waals surface area (Å²) >= 11 is 0. The molecule has 11 heteroatoms. The number of methoxy groups -OCH3 is 2. The van der Waals surface area contributed by atoms with Crippen LogP contribution >= 0.6 is 12.4 Å². The van der Waals surface area contributed by atoms with Gasteiger partial charge in [0.05, 0.1) is 39.3 Å². The molecule has 0 aliphatic heterocycles. The lowest BCUT2D eigenvalue weighted by molar-refractivity contribution is 0.260. The molecule has 0 bridgehead atoms. The summed E-state index contributed by atoms with van der Waals surface area (Å²) in [5, 5.41) is 26.6. The number of aliphatic hydroxyl groups excluding tert-OH is 2. The standard InChI is InChI=1S/C34H33N5O5.ClH/c1-43-30-15-23-14-24(19-40)27(20-41)34(26(23)17-31(30)44-2)22-8-10-37-32(16-22)39-29-7-4-3-6-25(29)28(18-33(39)42)36-9-5-12-38-13-11-35-21-38;/h3-4,6-8,10-11,13-18,21,36,40-41H,5,9,12,19-20H2,1-2H3;1H. The van der Waals surface area contributed by atoms with E-state index in [2.05, 4.69) is 15.3 Å². The first-order valence-electron chi connectivity index (χ1n) is 14.3. The fourth-order valence-electron chi connectivity index (χ4n) is 5.74. The van der Waals surface area contributed by atoms with Crippen LogP contribution in [-0.2, 0) is 19.8 Å². The molecule has 0 aliphatic rings. The second kappa shape index (κ2) is 13.8. The first-order chi connectivity index (χ1) is 21.6. The Labute approximate surface area is 265 Å². The summed E-state index contributed by atoms with van der Waals surface area (Å²) in [5.74, 6) is 1.52. The number of rotatable bonds is 11. The number of benzene rings is 3. The van der Waals surface area contributed by atoms with Gasteiger partial charge in [0.15, 0.2) is 11.5 Å². The van der Waals surface area contributed by atoms with Gasteiger partial charge in [0.2, 0.25) is 0 Å². The van der Waals surface area contributed by atoms with Crippen molar-refractivity contribution in [3.63, 3.8) is 0 Å². The number of aliphatic hydroxyl groups is 2. The van der Waals surface area contributed by atoms with Crippen molar-refractivity contribution in [2.45, 2.75) is 26.2 Å². The largest absolute Gasteiger partial charge is 0.493 e. The van der Waals surface area contributed by atoms with Gasteiger partial charge in [0, 0.05) is 48.8 Å². The highest BCUT2D eigenvalue weighted by Crippen LogP contribution is 2.41. The Bertz CT molecular complexity index is 2000. The van der Waals surface area contributed by atoms with Crippen LogP contribution in [0.1, 0.15) is 17.5 Å². The maximum atomic E-state index is 13.7. The Balaban J connectivity index is 0.00000400. The minimum Gasteiger partial charge on any atom is -0.493 e. The van der Waals surface area contributed by atoms with Crippen molar-refractivity contribution < 1.29 is 19.7 Å². The lowest BCUT2D eigenvalue weighted by atomic mass is 9.90. The van der Waals surface area contributed by atoms with Crippen molar-refractivity contribution in [2.75, 3.05) is 26.1 Å². The smallest absolute Gasteiger partial charge is 0.258 e. The quantitative estimate of drug-likeness (QED) is 0.165. The number of nitrogens with one attached hydrogen (secondary N) is 1. The summed E-state index contributed by atoms with van der Waals surface area (Å²) in [6, 6.07) is 18.5. The number of hydrogen-bond donors (Lipinski definition) is 3. The van der Waals surface area contributed by atoms with Crippen LogP contribution in [0.3, 0.4) is 0 Å². The molecular weight excluding hydrogens is 594 g/mol. The molecule has 6 aromatic rings. The van der Waals surface area contributed by atoms with Crippen molar-refractivity contribution in [3.8, 4) is 28.4 Å². The summed E-state index contributed by atoms with van der Waals surface area (Å²) in [6.45, 7) is 0.953. The average molecular weight is 628 g/mol. The van der Waals surface area contributed by atoms with Gasteiger partial charge in [0.1, 0.15) is 5.82 Å². The molecule has 3 heterocycles. The van der Waals surface area contributed by atoms with Crippen molar-refractivity contribution in [1.82, 2.24) is 19.1 Å². The van der Waals surface area contributed by atoms with Crippen LogP contribution in [0.2, 0.25) is 0 Å². The molecule has 232 valence electrons. The number of anilines is 1. The van der Waals surface area contributed by atoms with Crippen LogP contribution in [0.25, 0.3) is 38.6 Å². The molecule has 0 spiro atoms. The van der Waals surface area contributed by atoms with Crippen LogP contribution in [0.4, 0.5) is 5.69 Å². The third-order valence-electron chi connectivity index (χ3n) is 7.83. The van der Waals surface area contributed by atoms with E-state index in [1.165, 1.54) is 0 Å². The minimum absolute atomic E-state index is 0. The molecule has 0 unspecified atom stereocenters. The van der Waals surface area contributed by atoms with Crippen molar-refractivity contribution in [1.29, 1.82) is 0 Å². The topological polar surface area (TPSA) is 124 Å². The Hall–Kier alpha value is -4.90. The van der Waals surface area contributed by atoms with E-state index in [1.54, 1.807) is 43.6 Å². The van der Waals surface area contributed by atoms with Gasteiger partial charge in [-0.25, -0.2) is 9.97 Å². The fourth-order valence-corrected chi connectivity index (χ4v) is 5.74. The molecule has 6 rings (SSSR count). The molecule has 3 aromatic carbocycles. The Morgan fingerprint density at radius 1 is 0.911 bits per heavy atom. The molecule has 10 nitrogen and oxygen atoms in total. The van der Waals surface area contributed by atoms with Crippen LogP contribution in [-0.4, -0.2) is 50.1 Å². The van der Waals surface area contributed by atoms with Gasteiger partial charge in [-0.1, -0.05) is 18.2 Å². The zero-order chi connectivity index (χ0) is 30.6. The van der Waals surface area contributed by atoms with Crippen LogP contribution in [0.15, 0.2) is 90.4 Å². The number of fused-ring (bicyclic) bond motifs is 2. The summed E-state index contributed by atoms with van der Waals surface area (Å²) in [5.41, 5.74) is 3.85. The number of hydrogen-bond acceptors (Lipinski definition) is 8. The number of aromatic nitrogens is 4. The van der Waals surface area contributed by atoms with E-state index in [-0.39, 0.29) is 31.2 Å². The number of pyridine rings is 2. The van der Waals surface area contributed by atoms with E-state index in [9.17, 15) is 15.0 Å². The molecular formula is C34H34ClN5O5. The summed E-state index contributed by atoms with van der Waals surface area (Å²) in [6.07, 6.45) is 7.98. The van der Waals surface area contributed by atoms with Crippen molar-refractivity contribution in [2.24, 2.45) is 0 Å². The fraction of sp³-hybridized carbons (Fsp3) is 0.206. The number of halogens is 1. The van der Waals surface area contributed by atoms with E-state index in [0.717, 1.165) is 40.4 Å². The predicted molar refractivity (Wildman–Crippen MR) is 178 cm³/mol. The molecule has 0 amide bonds. The number of para-hydroxylation sites is 1. The average Bonchev–Trinajstić information content (AvgIpc) is 3.58. The zero-order valence-electron chi connectivity index (χ0n) is 24.9. The molecule has 0 saturated heterocycles. The predicted octanol–water partition coefficient (Wildman–Crippen LogP) is 5.33. The number of nitrogens with zero attached hydrogens (tertiary/aromatic N) is 4. The highest BCUT2D eigenvalue weighted by atomic mass is 35.5. The molecule has 0 aliphatic carbocycles. The highest BCUT2D eigenvalue weighted by Gasteiger charge is 2.19. The Kier molecular flexibility index (Phi) is 9.68. The van der Waals surface area contributed by atoms with Crippen molar-refractivity contribution in [3.05, 3.63) is 107 Å². The second-order valence-electron chi connectivity index (χ2n) is 10.4. The third-order valence-corrected chi connectivity index (χ3v) is 7.83. The van der Waals surface area contributed by atoms with Crippen LogP contribution < -0.4 is 20.3 Å². The van der Waals surface area contributed by atoms with E-state index in [4.69, 9.17) is 9.47 Å². The maximum Gasteiger partial charge on any atom is 0.258 e. The molecule has 0 saturated carbocycles. The van der Waals surface area contributed by atoms with Crippen LogP contribution in [0, 0.1) is 0 Å². The lowest BCUT2D eigenvalue weighted by Gasteiger charge is -2.19. The van der Waals surface area contributed by atoms with Gasteiger partial charge in [-0.15, -0.1) is 12.4 Å². The third kappa shape index (κ3) is 6.08. The molecule has 3 N–H and O–H groups in total. The summed E-state index contributed by atoms with van der Waals surface area (Å²) < 4.78 is 14.7. The molecule has 0 atom stereocenters. The van der Waals surface area contributed by atoms with Gasteiger partial charge in [0.25, 0.3) is 5.56 Å². The first kappa shape index (κ1) is 31.5. The summed E-state index contributed by atoms with van der Waals surface area (Å²) in [7, 11) is 3.14. The van der Waals surface area contributed by atoms with Gasteiger partial charge in [-0.3, -0.25) is 9.36 Å². The zero-order valence-corrected chi connectivity index (χ0v) is 25.8. The summed E-state index contributed by atoms with van der Waals surface area (Å²) in [4.78, 5) is 22.4. The Morgan fingerprint density at radius 2 is 1.71 bits per heavy atom. The second-order valence-corrected chi connectivity index (χ2v) is 10.4.